The van der Waals surface area contributed by atoms with Gasteiger partial charge in [-0.25, -0.2) is 0 Å². The fraction of sp³-hybridized carbons (Fsp3) is 0.536. The van der Waals surface area contributed by atoms with E-state index in [1.165, 1.54) is 11.1 Å². The molecule has 1 saturated heterocycles. The smallest absolute Gasteiger partial charge is 0.257 e. The molecule has 35 heavy (non-hydrogen) atoms. The lowest BCUT2D eigenvalue weighted by atomic mass is 10.00. The van der Waals surface area contributed by atoms with E-state index in [9.17, 15) is 9.90 Å². The van der Waals surface area contributed by atoms with Crippen molar-refractivity contribution >= 4 is 5.91 Å². The van der Waals surface area contributed by atoms with Crippen molar-refractivity contribution in [1.29, 1.82) is 0 Å². The Kier molecular flexibility index (Phi) is 7.27. The van der Waals surface area contributed by atoms with Gasteiger partial charge in [-0.05, 0) is 56.5 Å². The molecule has 1 fully saturated rings. The Balaban J connectivity index is 1.21. The minimum absolute atomic E-state index is 0.0989. The van der Waals surface area contributed by atoms with E-state index < -0.39 is 6.10 Å². The molecule has 7 heteroatoms. The molecule has 2 aromatic carbocycles. The minimum atomic E-state index is -0.620. The molecule has 1 N–H and O–H groups in total. The molecule has 5 rings (SSSR count). The normalized spacial score (nSPS) is 22.7. The first-order chi connectivity index (χ1) is 16.9. The molecule has 0 aromatic heterocycles. The largest absolute Gasteiger partial charge is 0.490 e. The summed E-state index contributed by atoms with van der Waals surface area (Å²) < 4.78 is 12.3. The van der Waals surface area contributed by atoms with E-state index in [4.69, 9.17) is 9.47 Å². The fourth-order valence-electron chi connectivity index (χ4n) is 5.44. The molecule has 0 saturated carbocycles. The number of fused-ring (bicyclic) bond motifs is 2. The van der Waals surface area contributed by atoms with E-state index >= 15 is 0 Å². The van der Waals surface area contributed by atoms with Crippen LogP contribution in [-0.4, -0.2) is 90.3 Å². The van der Waals surface area contributed by atoms with Gasteiger partial charge in [0.2, 0.25) is 0 Å². The van der Waals surface area contributed by atoms with Crippen LogP contribution in [-0.2, 0) is 13.0 Å². The molecule has 0 radical (unpaired) electrons. The maximum atomic E-state index is 13.4. The van der Waals surface area contributed by atoms with Crippen molar-refractivity contribution < 1.29 is 19.4 Å². The quantitative estimate of drug-likeness (QED) is 0.688. The number of carbonyl (C=O) groups is 1. The van der Waals surface area contributed by atoms with Crippen LogP contribution in [0.1, 0.15) is 41.3 Å². The number of amides is 1. The number of hydrogen-bond donors (Lipinski definition) is 1. The highest BCUT2D eigenvalue weighted by Gasteiger charge is 2.30. The van der Waals surface area contributed by atoms with Crippen molar-refractivity contribution in [3.05, 3.63) is 59.2 Å². The Morgan fingerprint density at radius 2 is 1.86 bits per heavy atom. The van der Waals surface area contributed by atoms with Gasteiger partial charge in [-0.3, -0.25) is 9.69 Å². The van der Waals surface area contributed by atoms with Gasteiger partial charge in [-0.15, -0.1) is 0 Å². The molecule has 0 spiro atoms. The van der Waals surface area contributed by atoms with Crippen LogP contribution < -0.4 is 9.47 Å². The number of rotatable bonds is 6. The SMILES string of the molecule is CC1CN(C[C@H](O)CN2CCc3ccccc3C2)C(=O)c2ccc(OC3CCN(C)CC3)cc2O1. The molecule has 3 aliphatic heterocycles. The van der Waals surface area contributed by atoms with Gasteiger partial charge >= 0.3 is 0 Å². The zero-order chi connectivity index (χ0) is 24.4. The predicted molar refractivity (Wildman–Crippen MR) is 135 cm³/mol. The molecule has 3 aliphatic rings. The summed E-state index contributed by atoms with van der Waals surface area (Å²) in [5.41, 5.74) is 3.25. The van der Waals surface area contributed by atoms with E-state index in [2.05, 4.69) is 41.1 Å². The number of benzene rings is 2. The third-order valence-electron chi connectivity index (χ3n) is 7.35. The molecule has 1 amide bonds. The summed E-state index contributed by atoms with van der Waals surface area (Å²) in [6.45, 7) is 7.06. The van der Waals surface area contributed by atoms with E-state index in [0.717, 1.165) is 51.2 Å². The van der Waals surface area contributed by atoms with Crippen molar-refractivity contribution in [1.82, 2.24) is 14.7 Å². The van der Waals surface area contributed by atoms with Crippen LogP contribution in [0.4, 0.5) is 0 Å². The summed E-state index contributed by atoms with van der Waals surface area (Å²) in [4.78, 5) is 19.7. The zero-order valence-electron chi connectivity index (χ0n) is 20.9. The maximum absolute atomic E-state index is 13.4. The van der Waals surface area contributed by atoms with Gasteiger partial charge in [0.25, 0.3) is 5.91 Å². The Morgan fingerprint density at radius 3 is 2.66 bits per heavy atom. The highest BCUT2D eigenvalue weighted by Crippen LogP contribution is 2.31. The van der Waals surface area contributed by atoms with E-state index in [0.29, 0.717) is 24.4 Å². The Bertz CT molecular complexity index is 1040. The number of aliphatic hydroxyl groups excluding tert-OH is 1. The lowest BCUT2D eigenvalue weighted by Crippen LogP contribution is -2.45. The van der Waals surface area contributed by atoms with Gasteiger partial charge in [-0.2, -0.15) is 0 Å². The fourth-order valence-corrected chi connectivity index (χ4v) is 5.44. The van der Waals surface area contributed by atoms with Crippen LogP contribution in [0, 0.1) is 0 Å². The summed E-state index contributed by atoms with van der Waals surface area (Å²) in [7, 11) is 2.13. The first-order valence-electron chi connectivity index (χ1n) is 12.9. The second kappa shape index (κ2) is 10.6. The van der Waals surface area contributed by atoms with Crippen molar-refractivity contribution in [3.8, 4) is 11.5 Å². The number of ether oxygens (including phenoxy) is 2. The van der Waals surface area contributed by atoms with Gasteiger partial charge in [0.15, 0.2) is 0 Å². The Hall–Kier alpha value is -2.61. The average molecular weight is 480 g/mol. The van der Waals surface area contributed by atoms with Crippen molar-refractivity contribution in [2.75, 3.05) is 46.3 Å². The van der Waals surface area contributed by atoms with Crippen LogP contribution in [0.5, 0.6) is 11.5 Å². The monoisotopic (exact) mass is 479 g/mol. The third kappa shape index (κ3) is 5.80. The standard InChI is InChI=1S/C28H37N3O4/c1-20-16-31(19-23(32)18-30-14-9-21-5-3-4-6-22(21)17-30)28(33)26-8-7-25(15-27(26)34-20)35-24-10-12-29(2)13-11-24/h3-8,15,20,23-24,32H,9-14,16-19H2,1-2H3/t20?,23-/m1/s1. The highest BCUT2D eigenvalue weighted by molar-refractivity contribution is 5.97. The van der Waals surface area contributed by atoms with Crippen LogP contribution in [0.2, 0.25) is 0 Å². The molecule has 2 atom stereocenters. The van der Waals surface area contributed by atoms with Crippen molar-refractivity contribution in [3.63, 3.8) is 0 Å². The van der Waals surface area contributed by atoms with Crippen LogP contribution in [0.25, 0.3) is 0 Å². The second-order valence-electron chi connectivity index (χ2n) is 10.3. The molecule has 188 valence electrons. The number of hydrogen-bond acceptors (Lipinski definition) is 6. The summed E-state index contributed by atoms with van der Waals surface area (Å²) in [6, 6.07) is 14.0. The van der Waals surface area contributed by atoms with Gasteiger partial charge in [0, 0.05) is 45.3 Å². The summed E-state index contributed by atoms with van der Waals surface area (Å²) in [5, 5.41) is 10.9. The molecule has 0 aliphatic carbocycles. The lowest BCUT2D eigenvalue weighted by Gasteiger charge is -2.32. The summed E-state index contributed by atoms with van der Waals surface area (Å²) >= 11 is 0. The number of carbonyl (C=O) groups excluding carboxylic acids is 1. The molecule has 3 heterocycles. The first-order valence-corrected chi connectivity index (χ1v) is 12.9. The molecule has 0 bridgehead atoms. The molecule has 7 nitrogen and oxygen atoms in total. The zero-order valence-corrected chi connectivity index (χ0v) is 20.9. The number of aliphatic hydroxyl groups is 1. The highest BCUT2D eigenvalue weighted by atomic mass is 16.5. The first kappa shape index (κ1) is 24.1. The average Bonchev–Trinajstić information content (AvgIpc) is 2.95. The van der Waals surface area contributed by atoms with Gasteiger partial charge in [0.05, 0.1) is 18.2 Å². The second-order valence-corrected chi connectivity index (χ2v) is 10.3. The minimum Gasteiger partial charge on any atom is -0.490 e. The molecule has 1 unspecified atom stereocenters. The van der Waals surface area contributed by atoms with Crippen LogP contribution in [0.3, 0.4) is 0 Å². The molecular weight excluding hydrogens is 442 g/mol. The van der Waals surface area contributed by atoms with Crippen LogP contribution in [0.15, 0.2) is 42.5 Å². The molecular formula is C28H37N3O4. The lowest BCUT2D eigenvalue weighted by molar-refractivity contribution is 0.0454. The van der Waals surface area contributed by atoms with E-state index in [-0.39, 0.29) is 24.7 Å². The van der Waals surface area contributed by atoms with E-state index in [1.807, 2.05) is 19.1 Å². The molecule has 2 aromatic rings. The van der Waals surface area contributed by atoms with Crippen LogP contribution >= 0.6 is 0 Å². The maximum Gasteiger partial charge on any atom is 0.257 e. The van der Waals surface area contributed by atoms with Gasteiger partial charge in [-0.1, -0.05) is 24.3 Å². The van der Waals surface area contributed by atoms with Gasteiger partial charge < -0.3 is 24.4 Å². The summed E-state index contributed by atoms with van der Waals surface area (Å²) in [5.74, 6) is 1.22. The Morgan fingerprint density at radius 1 is 1.09 bits per heavy atom. The number of piperidine rings is 1. The number of likely N-dealkylation sites (tertiary alicyclic amines) is 1. The number of nitrogens with zero attached hydrogens (tertiary/aromatic N) is 3. The number of β-amino-alcohol motifs (C(OH)–C–C–N with tert-alkyl or cyclic N) is 1. The summed E-state index contributed by atoms with van der Waals surface area (Å²) in [6.07, 6.45) is 2.39. The topological polar surface area (TPSA) is 65.5 Å². The van der Waals surface area contributed by atoms with Gasteiger partial charge in [0.1, 0.15) is 23.7 Å². The van der Waals surface area contributed by atoms with Crippen molar-refractivity contribution in [2.24, 2.45) is 0 Å². The third-order valence-corrected chi connectivity index (χ3v) is 7.35. The van der Waals surface area contributed by atoms with Crippen molar-refractivity contribution in [2.45, 2.75) is 51.0 Å². The predicted octanol–water partition coefficient (Wildman–Crippen LogP) is 2.80. The van der Waals surface area contributed by atoms with E-state index in [1.54, 1.807) is 11.0 Å². The Labute approximate surface area is 208 Å².